The van der Waals surface area contributed by atoms with E-state index in [0.29, 0.717) is 29.3 Å². The maximum Gasteiger partial charge on any atom is 0.277 e. The second kappa shape index (κ2) is 8.88. The maximum absolute atomic E-state index is 13.4. The highest BCUT2D eigenvalue weighted by molar-refractivity contribution is 7.17. The first kappa shape index (κ1) is 20.9. The Kier molecular flexibility index (Phi) is 5.80. The summed E-state index contributed by atoms with van der Waals surface area (Å²) in [6, 6.07) is 13.8. The van der Waals surface area contributed by atoms with Gasteiger partial charge in [-0.25, -0.2) is 9.55 Å². The molecule has 8 heteroatoms. The minimum absolute atomic E-state index is 0.0594. The van der Waals surface area contributed by atoms with E-state index >= 15 is 0 Å². The van der Waals surface area contributed by atoms with E-state index in [2.05, 4.69) is 10.2 Å². The Morgan fingerprint density at radius 3 is 2.91 bits per heavy atom. The van der Waals surface area contributed by atoms with Gasteiger partial charge in [0, 0.05) is 18.0 Å². The lowest BCUT2D eigenvalue weighted by atomic mass is 9.97. The van der Waals surface area contributed by atoms with Crippen LogP contribution in [0.3, 0.4) is 0 Å². The topological polar surface area (TPSA) is 67.2 Å². The second-order valence-corrected chi connectivity index (χ2v) is 10.1. The number of amides is 1. The normalized spacial score (nSPS) is 16.4. The Labute approximate surface area is 194 Å². The van der Waals surface area contributed by atoms with Crippen LogP contribution in [0.25, 0.3) is 15.9 Å². The van der Waals surface area contributed by atoms with Crippen molar-refractivity contribution in [1.82, 2.24) is 14.9 Å². The molecule has 1 N–H and O–H groups in total. The number of hydrogen-bond acceptors (Lipinski definition) is 6. The van der Waals surface area contributed by atoms with Crippen LogP contribution in [-0.4, -0.2) is 28.5 Å². The molecule has 1 fully saturated rings. The zero-order valence-electron chi connectivity index (χ0n) is 17.8. The van der Waals surface area contributed by atoms with Crippen LogP contribution < -0.4 is 15.8 Å². The number of nitrogens with one attached hydrogen (secondary N) is 1. The minimum Gasteiger partial charge on any atom is -0.351 e. The van der Waals surface area contributed by atoms with E-state index in [1.54, 1.807) is 15.9 Å². The van der Waals surface area contributed by atoms with Gasteiger partial charge in [-0.3, -0.25) is 9.59 Å². The number of benzene rings is 1. The first-order valence-electron chi connectivity index (χ1n) is 10.7. The fourth-order valence-electron chi connectivity index (χ4n) is 4.22. The molecule has 0 unspecified atom stereocenters. The molecule has 1 amide bonds. The molecule has 0 spiro atoms. The van der Waals surface area contributed by atoms with Crippen molar-refractivity contribution < 1.29 is 4.79 Å². The molecule has 6 nitrogen and oxygen atoms in total. The van der Waals surface area contributed by atoms with Crippen molar-refractivity contribution in [3.05, 3.63) is 74.0 Å². The lowest BCUT2D eigenvalue weighted by Crippen LogP contribution is -2.45. The van der Waals surface area contributed by atoms with E-state index < -0.39 is 0 Å². The number of aromatic nitrogens is 2. The van der Waals surface area contributed by atoms with Crippen LogP contribution in [0.1, 0.15) is 23.3 Å². The number of rotatable bonds is 5. The lowest BCUT2D eigenvalue weighted by Gasteiger charge is -2.34. The van der Waals surface area contributed by atoms with Gasteiger partial charge in [0.1, 0.15) is 4.70 Å². The summed E-state index contributed by atoms with van der Waals surface area (Å²) in [6.45, 7) is 3.88. The van der Waals surface area contributed by atoms with Gasteiger partial charge in [-0.15, -0.1) is 22.7 Å². The van der Waals surface area contributed by atoms with Crippen LogP contribution in [0.2, 0.25) is 0 Å². The number of anilines is 1. The molecule has 4 heterocycles. The van der Waals surface area contributed by atoms with E-state index in [1.165, 1.54) is 11.3 Å². The monoisotopic (exact) mass is 464 g/mol. The van der Waals surface area contributed by atoms with Gasteiger partial charge in [-0.2, -0.15) is 0 Å². The van der Waals surface area contributed by atoms with Gasteiger partial charge in [0.2, 0.25) is 11.9 Å². The summed E-state index contributed by atoms with van der Waals surface area (Å²) in [5.41, 5.74) is 2.53. The average Bonchev–Trinajstić information content (AvgIpc) is 3.49. The average molecular weight is 465 g/mol. The third kappa shape index (κ3) is 4.08. The van der Waals surface area contributed by atoms with Gasteiger partial charge < -0.3 is 10.2 Å². The van der Waals surface area contributed by atoms with Crippen molar-refractivity contribution in [3.8, 4) is 5.69 Å². The SMILES string of the molecule is Cc1cccc(-n2c(N3CCC[C@@H](C(=O)NCc4cccs4)C3)nc3ccsc3c2=O)c1. The Balaban J connectivity index is 1.47. The summed E-state index contributed by atoms with van der Waals surface area (Å²) < 4.78 is 2.36. The summed E-state index contributed by atoms with van der Waals surface area (Å²) >= 11 is 3.06. The third-order valence-electron chi connectivity index (χ3n) is 5.81. The van der Waals surface area contributed by atoms with Crippen molar-refractivity contribution in [2.45, 2.75) is 26.3 Å². The molecular weight excluding hydrogens is 440 g/mol. The number of carbonyl (C=O) groups excluding carboxylic acids is 1. The zero-order valence-corrected chi connectivity index (χ0v) is 19.4. The van der Waals surface area contributed by atoms with E-state index in [0.717, 1.165) is 35.5 Å². The number of aryl methyl sites for hydroxylation is 1. The Morgan fingerprint density at radius 2 is 2.09 bits per heavy atom. The molecule has 4 aromatic rings. The second-order valence-electron chi connectivity index (χ2n) is 8.11. The smallest absolute Gasteiger partial charge is 0.277 e. The van der Waals surface area contributed by atoms with E-state index in [-0.39, 0.29) is 17.4 Å². The van der Waals surface area contributed by atoms with Crippen LogP contribution in [0, 0.1) is 12.8 Å². The summed E-state index contributed by atoms with van der Waals surface area (Å²) in [6.07, 6.45) is 1.71. The standard InChI is InChI=1S/C24H24N4O2S2/c1-16-5-2-7-18(13-16)28-23(30)21-20(9-12-32-21)26-24(28)27-10-3-6-17(15-27)22(29)25-14-19-8-4-11-31-19/h2,4-5,7-9,11-13,17H,3,6,10,14-15H2,1H3,(H,25,29)/t17-/m1/s1. The largest absolute Gasteiger partial charge is 0.351 e. The number of fused-ring (bicyclic) bond motifs is 1. The molecule has 1 saturated heterocycles. The van der Waals surface area contributed by atoms with E-state index in [1.807, 2.05) is 60.1 Å². The predicted molar refractivity (Wildman–Crippen MR) is 131 cm³/mol. The van der Waals surface area contributed by atoms with Gasteiger partial charge >= 0.3 is 0 Å². The molecule has 0 radical (unpaired) electrons. The van der Waals surface area contributed by atoms with Crippen molar-refractivity contribution >= 4 is 44.7 Å². The quantitative estimate of drug-likeness (QED) is 0.477. The molecule has 0 aliphatic carbocycles. The molecule has 32 heavy (non-hydrogen) atoms. The fraction of sp³-hybridized carbons (Fsp3) is 0.292. The third-order valence-corrected chi connectivity index (χ3v) is 7.58. The fourth-order valence-corrected chi connectivity index (χ4v) is 5.62. The zero-order chi connectivity index (χ0) is 22.1. The molecule has 164 valence electrons. The van der Waals surface area contributed by atoms with Gasteiger partial charge in [-0.1, -0.05) is 18.2 Å². The Hall–Kier alpha value is -2.97. The van der Waals surface area contributed by atoms with Crippen LogP contribution in [0.5, 0.6) is 0 Å². The molecule has 1 aromatic carbocycles. The van der Waals surface area contributed by atoms with Crippen molar-refractivity contribution in [2.75, 3.05) is 18.0 Å². The highest BCUT2D eigenvalue weighted by atomic mass is 32.1. The molecule has 3 aromatic heterocycles. The summed E-state index contributed by atoms with van der Waals surface area (Å²) in [5, 5.41) is 6.99. The number of thiophene rings is 2. The predicted octanol–water partition coefficient (Wildman–Crippen LogP) is 4.35. The molecule has 1 atom stereocenters. The van der Waals surface area contributed by atoms with Crippen LogP contribution in [-0.2, 0) is 11.3 Å². The maximum atomic E-state index is 13.4. The van der Waals surface area contributed by atoms with Gasteiger partial charge in [0.05, 0.1) is 23.7 Å². The summed E-state index contributed by atoms with van der Waals surface area (Å²) in [5.74, 6) is 0.538. The van der Waals surface area contributed by atoms with Crippen LogP contribution >= 0.6 is 22.7 Å². The highest BCUT2D eigenvalue weighted by Gasteiger charge is 2.29. The molecule has 1 aliphatic heterocycles. The van der Waals surface area contributed by atoms with E-state index in [9.17, 15) is 9.59 Å². The number of hydrogen-bond donors (Lipinski definition) is 1. The van der Waals surface area contributed by atoms with Crippen LogP contribution in [0.15, 0.2) is 58.0 Å². The molecule has 1 aliphatic rings. The number of nitrogens with zero attached hydrogens (tertiary/aromatic N) is 3. The summed E-state index contributed by atoms with van der Waals surface area (Å²) in [7, 11) is 0. The Bertz CT molecular complexity index is 1310. The van der Waals surface area contributed by atoms with Crippen molar-refractivity contribution in [2.24, 2.45) is 5.92 Å². The van der Waals surface area contributed by atoms with Crippen molar-refractivity contribution in [3.63, 3.8) is 0 Å². The number of piperidine rings is 1. The number of carbonyl (C=O) groups is 1. The summed E-state index contributed by atoms with van der Waals surface area (Å²) in [4.78, 5) is 34.4. The lowest BCUT2D eigenvalue weighted by molar-refractivity contribution is -0.125. The molecule has 5 rings (SSSR count). The van der Waals surface area contributed by atoms with Crippen LogP contribution in [0.4, 0.5) is 5.95 Å². The van der Waals surface area contributed by atoms with Gasteiger partial charge in [-0.05, 0) is 60.4 Å². The molecular formula is C24H24N4O2S2. The van der Waals surface area contributed by atoms with Gasteiger partial charge in [0.15, 0.2) is 0 Å². The first-order valence-corrected chi connectivity index (χ1v) is 12.5. The molecule has 0 saturated carbocycles. The van der Waals surface area contributed by atoms with Gasteiger partial charge in [0.25, 0.3) is 5.56 Å². The first-order chi connectivity index (χ1) is 15.6. The van der Waals surface area contributed by atoms with Crippen molar-refractivity contribution in [1.29, 1.82) is 0 Å². The Morgan fingerprint density at radius 1 is 1.19 bits per heavy atom. The van der Waals surface area contributed by atoms with E-state index in [4.69, 9.17) is 4.98 Å². The molecule has 0 bridgehead atoms. The highest BCUT2D eigenvalue weighted by Crippen LogP contribution is 2.27. The minimum atomic E-state index is -0.134.